The predicted molar refractivity (Wildman–Crippen MR) is 51.3 cm³/mol. The molecule has 3 saturated heterocycles. The molecular weight excluding hydrogens is 268 g/mol. The first-order valence-corrected chi connectivity index (χ1v) is 5.75. The molecule has 0 aliphatic carbocycles. The minimum Gasteiger partial charge on any atom is -0.456 e. The van der Waals surface area contributed by atoms with E-state index in [1.807, 2.05) is 13.8 Å². The monoisotopic (exact) mass is 278 g/mol. The van der Waals surface area contributed by atoms with Crippen molar-refractivity contribution in [2.24, 2.45) is 0 Å². The fourth-order valence-electron chi connectivity index (χ4n) is 2.21. The summed E-state index contributed by atoms with van der Waals surface area (Å²) in [6.07, 6.45) is -1.39. The summed E-state index contributed by atoms with van der Waals surface area (Å²) < 4.78 is 22.0. The number of ether oxygens (including phenoxy) is 4. The van der Waals surface area contributed by atoms with Gasteiger partial charge in [0.1, 0.15) is 10.9 Å². The van der Waals surface area contributed by atoms with Gasteiger partial charge >= 0.3 is 5.97 Å². The standard InChI is InChI=1S/C9H11BrO5/c1-9(2)14-6-5-4(13-8(6)15-9)3(10)7(11)12-5/h3-6,8H,1-2H3/t3-,4+,5-,6-,8+/m0/s1. The van der Waals surface area contributed by atoms with Gasteiger partial charge in [0.15, 0.2) is 24.3 Å². The Balaban J connectivity index is 1.83. The van der Waals surface area contributed by atoms with Gasteiger partial charge in [0.25, 0.3) is 0 Å². The highest BCUT2D eigenvalue weighted by Crippen LogP contribution is 2.43. The summed E-state index contributed by atoms with van der Waals surface area (Å²) in [5.74, 6) is -0.964. The Morgan fingerprint density at radius 1 is 1.20 bits per heavy atom. The molecular formula is C9H11BrO5. The summed E-state index contributed by atoms with van der Waals surface area (Å²) in [4.78, 5) is 10.9. The molecule has 3 aliphatic rings. The first kappa shape index (κ1) is 10.0. The van der Waals surface area contributed by atoms with Crippen LogP contribution in [0.2, 0.25) is 0 Å². The van der Waals surface area contributed by atoms with Crippen molar-refractivity contribution in [3.05, 3.63) is 0 Å². The molecule has 0 bridgehead atoms. The van der Waals surface area contributed by atoms with E-state index in [0.717, 1.165) is 0 Å². The van der Waals surface area contributed by atoms with E-state index in [0.29, 0.717) is 0 Å². The zero-order valence-corrected chi connectivity index (χ0v) is 9.89. The molecule has 0 N–H and O–H groups in total. The van der Waals surface area contributed by atoms with Gasteiger partial charge in [-0.25, -0.2) is 0 Å². The maximum atomic E-state index is 11.3. The molecule has 3 aliphatic heterocycles. The summed E-state index contributed by atoms with van der Waals surface area (Å²) in [6.45, 7) is 3.62. The van der Waals surface area contributed by atoms with Crippen molar-refractivity contribution in [3.63, 3.8) is 0 Å². The number of carbonyl (C=O) groups excluding carboxylic acids is 1. The Kier molecular flexibility index (Phi) is 1.96. The lowest BCUT2D eigenvalue weighted by Crippen LogP contribution is -2.33. The molecule has 0 aromatic rings. The molecule has 3 rings (SSSR count). The van der Waals surface area contributed by atoms with E-state index in [2.05, 4.69) is 15.9 Å². The zero-order valence-electron chi connectivity index (χ0n) is 8.31. The first-order chi connectivity index (χ1) is 6.98. The van der Waals surface area contributed by atoms with Crippen molar-refractivity contribution in [3.8, 4) is 0 Å². The van der Waals surface area contributed by atoms with Crippen LogP contribution in [0.1, 0.15) is 13.8 Å². The number of halogens is 1. The lowest BCUT2D eigenvalue weighted by Gasteiger charge is -2.20. The number of carbonyl (C=O) groups is 1. The van der Waals surface area contributed by atoms with Crippen LogP contribution < -0.4 is 0 Å². The van der Waals surface area contributed by atoms with Gasteiger partial charge in [-0.3, -0.25) is 4.79 Å². The second kappa shape index (κ2) is 2.94. The second-order valence-corrected chi connectivity index (χ2v) is 5.36. The Bertz CT molecular complexity index is 318. The fraction of sp³-hybridized carbons (Fsp3) is 0.889. The zero-order chi connectivity index (χ0) is 10.8. The van der Waals surface area contributed by atoms with Crippen LogP contribution in [0.5, 0.6) is 0 Å². The lowest BCUT2D eigenvalue weighted by atomic mass is 10.1. The van der Waals surface area contributed by atoms with Gasteiger partial charge in [0, 0.05) is 0 Å². The maximum Gasteiger partial charge on any atom is 0.323 e. The van der Waals surface area contributed by atoms with Crippen molar-refractivity contribution in [1.82, 2.24) is 0 Å². The molecule has 5 nitrogen and oxygen atoms in total. The number of rotatable bonds is 0. The van der Waals surface area contributed by atoms with E-state index in [4.69, 9.17) is 18.9 Å². The van der Waals surface area contributed by atoms with Crippen molar-refractivity contribution >= 4 is 21.9 Å². The average molecular weight is 279 g/mol. The molecule has 0 saturated carbocycles. The van der Waals surface area contributed by atoms with Crippen LogP contribution >= 0.6 is 15.9 Å². The molecule has 84 valence electrons. The highest BCUT2D eigenvalue weighted by Gasteiger charge is 2.62. The summed E-state index contributed by atoms with van der Waals surface area (Å²) in [5, 5.41) is 0. The number of alkyl halides is 1. The summed E-state index contributed by atoms with van der Waals surface area (Å²) in [5.41, 5.74) is 0. The highest BCUT2D eigenvalue weighted by molar-refractivity contribution is 9.10. The van der Waals surface area contributed by atoms with Gasteiger partial charge in [-0.1, -0.05) is 15.9 Å². The molecule has 3 heterocycles. The van der Waals surface area contributed by atoms with Crippen LogP contribution in [0.25, 0.3) is 0 Å². The van der Waals surface area contributed by atoms with E-state index in [1.165, 1.54) is 0 Å². The minimum atomic E-state index is -0.670. The van der Waals surface area contributed by atoms with E-state index in [9.17, 15) is 4.79 Å². The molecule has 5 atom stereocenters. The fourth-order valence-corrected chi connectivity index (χ4v) is 2.74. The highest BCUT2D eigenvalue weighted by atomic mass is 79.9. The van der Waals surface area contributed by atoms with Crippen LogP contribution in [0.4, 0.5) is 0 Å². The molecule has 0 spiro atoms. The molecule has 0 amide bonds. The van der Waals surface area contributed by atoms with E-state index < -0.39 is 16.9 Å². The van der Waals surface area contributed by atoms with Gasteiger partial charge in [-0.05, 0) is 13.8 Å². The SMILES string of the molecule is CC1(C)O[C@H]2O[C@H]3[C@H](OC(=O)[C@H]3Br)[C@@H]2O1. The Labute approximate surface area is 95.1 Å². The smallest absolute Gasteiger partial charge is 0.323 e. The van der Waals surface area contributed by atoms with E-state index >= 15 is 0 Å². The Morgan fingerprint density at radius 2 is 1.93 bits per heavy atom. The number of fused-ring (bicyclic) bond motifs is 3. The third kappa shape index (κ3) is 1.35. The second-order valence-electron chi connectivity index (χ2n) is 4.37. The molecule has 0 aromatic heterocycles. The van der Waals surface area contributed by atoms with E-state index in [-0.39, 0.29) is 24.3 Å². The molecule has 0 radical (unpaired) electrons. The largest absolute Gasteiger partial charge is 0.456 e. The van der Waals surface area contributed by atoms with Crippen LogP contribution in [0.3, 0.4) is 0 Å². The Morgan fingerprint density at radius 3 is 2.67 bits per heavy atom. The number of hydrogen-bond donors (Lipinski definition) is 0. The number of esters is 1. The molecule has 6 heteroatoms. The molecule has 0 unspecified atom stereocenters. The van der Waals surface area contributed by atoms with Crippen LogP contribution in [0.15, 0.2) is 0 Å². The first-order valence-electron chi connectivity index (χ1n) is 4.84. The van der Waals surface area contributed by atoms with Crippen LogP contribution in [-0.4, -0.2) is 41.2 Å². The maximum absolute atomic E-state index is 11.3. The quantitative estimate of drug-likeness (QED) is 0.479. The van der Waals surface area contributed by atoms with Gasteiger partial charge in [0.2, 0.25) is 0 Å². The summed E-state index contributed by atoms with van der Waals surface area (Å²) in [7, 11) is 0. The number of hydrogen-bond acceptors (Lipinski definition) is 5. The molecule has 0 aromatic carbocycles. The summed E-state index contributed by atoms with van der Waals surface area (Å²) >= 11 is 3.24. The van der Waals surface area contributed by atoms with Crippen molar-refractivity contribution in [1.29, 1.82) is 0 Å². The lowest BCUT2D eigenvalue weighted by molar-refractivity contribution is -0.209. The van der Waals surface area contributed by atoms with Gasteiger partial charge in [-0.15, -0.1) is 0 Å². The normalized spacial score (nSPS) is 51.4. The van der Waals surface area contributed by atoms with Crippen LogP contribution in [-0.2, 0) is 23.7 Å². The van der Waals surface area contributed by atoms with Crippen molar-refractivity contribution in [2.45, 2.75) is 49.1 Å². The van der Waals surface area contributed by atoms with Gasteiger partial charge < -0.3 is 18.9 Å². The average Bonchev–Trinajstić information content (AvgIpc) is 2.66. The van der Waals surface area contributed by atoms with Crippen LogP contribution in [0, 0.1) is 0 Å². The molecule has 15 heavy (non-hydrogen) atoms. The van der Waals surface area contributed by atoms with E-state index in [1.54, 1.807) is 0 Å². The van der Waals surface area contributed by atoms with Crippen molar-refractivity contribution in [2.75, 3.05) is 0 Å². The third-order valence-electron chi connectivity index (χ3n) is 2.79. The summed E-state index contributed by atoms with van der Waals surface area (Å²) in [6, 6.07) is 0. The third-order valence-corrected chi connectivity index (χ3v) is 3.69. The Hall–Kier alpha value is -0.170. The predicted octanol–water partition coefficient (Wildman–Crippen LogP) is 0.552. The van der Waals surface area contributed by atoms with Gasteiger partial charge in [-0.2, -0.15) is 0 Å². The minimum absolute atomic E-state index is 0.295. The molecule has 3 fully saturated rings. The topological polar surface area (TPSA) is 54.0 Å². The van der Waals surface area contributed by atoms with Crippen molar-refractivity contribution < 1.29 is 23.7 Å². The van der Waals surface area contributed by atoms with Gasteiger partial charge in [0.05, 0.1) is 0 Å².